The molecule has 1 heterocycles. The van der Waals surface area contributed by atoms with Crippen molar-refractivity contribution < 1.29 is 12.6 Å². The van der Waals surface area contributed by atoms with Crippen LogP contribution in [0.2, 0.25) is 0 Å². The monoisotopic (exact) mass is 357 g/mol. The molecule has 1 aromatic heterocycles. The largest absolute Gasteiger partial charge is 0.358 e. The second-order valence-electron chi connectivity index (χ2n) is 5.10. The molecule has 24 heavy (non-hydrogen) atoms. The lowest BCUT2D eigenvalue weighted by atomic mass is 10.2. The van der Waals surface area contributed by atoms with Gasteiger partial charge in [-0.05, 0) is 37.3 Å². The molecule has 0 fully saturated rings. The Morgan fingerprint density at radius 3 is 2.33 bits per heavy atom. The van der Waals surface area contributed by atoms with E-state index in [1.165, 1.54) is 30.1 Å². The minimum absolute atomic E-state index is 0.0523. The van der Waals surface area contributed by atoms with Crippen LogP contribution < -0.4 is 4.18 Å². The van der Waals surface area contributed by atoms with Gasteiger partial charge in [-0.3, -0.25) is 0 Å². The molecule has 3 rings (SSSR count). The standard InChI is InChI=1S/C18H15NO3S2/c1-14-7-9-17(10-8-14)24(20,21)22-18-13-16(11-12-19-18)23-15-5-3-2-4-6-15/h2-13H,1H3. The summed E-state index contributed by atoms with van der Waals surface area (Å²) in [5, 5.41) is 0. The first kappa shape index (κ1) is 16.5. The van der Waals surface area contributed by atoms with Crippen LogP contribution in [0.1, 0.15) is 5.56 Å². The van der Waals surface area contributed by atoms with Crippen molar-refractivity contribution in [1.82, 2.24) is 4.98 Å². The summed E-state index contributed by atoms with van der Waals surface area (Å²) in [6.45, 7) is 1.89. The van der Waals surface area contributed by atoms with Crippen LogP contribution >= 0.6 is 11.8 Å². The van der Waals surface area contributed by atoms with Gasteiger partial charge in [0, 0.05) is 22.1 Å². The molecule has 0 N–H and O–H groups in total. The van der Waals surface area contributed by atoms with Crippen LogP contribution in [0, 0.1) is 6.92 Å². The van der Waals surface area contributed by atoms with Crippen molar-refractivity contribution in [2.45, 2.75) is 21.6 Å². The Hall–Kier alpha value is -2.31. The number of hydrogen-bond acceptors (Lipinski definition) is 5. The number of nitrogens with zero attached hydrogens (tertiary/aromatic N) is 1. The highest BCUT2D eigenvalue weighted by Gasteiger charge is 2.17. The molecule has 3 aromatic rings. The summed E-state index contributed by atoms with van der Waals surface area (Å²) in [7, 11) is -3.89. The maximum Gasteiger partial charge on any atom is 0.340 e. The van der Waals surface area contributed by atoms with Crippen LogP contribution in [0.5, 0.6) is 5.88 Å². The van der Waals surface area contributed by atoms with Crippen LogP contribution in [0.15, 0.2) is 87.6 Å². The normalized spacial score (nSPS) is 11.2. The molecule has 0 saturated heterocycles. The van der Waals surface area contributed by atoms with Crippen molar-refractivity contribution in [1.29, 1.82) is 0 Å². The highest BCUT2D eigenvalue weighted by Crippen LogP contribution is 2.29. The van der Waals surface area contributed by atoms with E-state index in [9.17, 15) is 8.42 Å². The van der Waals surface area contributed by atoms with E-state index in [-0.39, 0.29) is 10.8 Å². The number of aryl methyl sites for hydroxylation is 1. The summed E-state index contributed by atoms with van der Waals surface area (Å²) in [5.74, 6) is 0.0523. The third-order valence-electron chi connectivity index (χ3n) is 3.19. The zero-order valence-corrected chi connectivity index (χ0v) is 14.5. The van der Waals surface area contributed by atoms with Crippen molar-refractivity contribution in [3.05, 3.63) is 78.5 Å². The molecular weight excluding hydrogens is 342 g/mol. The molecule has 0 spiro atoms. The molecule has 0 aliphatic carbocycles. The Balaban J connectivity index is 1.80. The van der Waals surface area contributed by atoms with E-state index in [0.717, 1.165) is 15.4 Å². The lowest BCUT2D eigenvalue weighted by Gasteiger charge is -2.08. The number of hydrogen-bond donors (Lipinski definition) is 0. The maximum absolute atomic E-state index is 12.3. The minimum Gasteiger partial charge on any atom is -0.358 e. The highest BCUT2D eigenvalue weighted by atomic mass is 32.2. The van der Waals surface area contributed by atoms with E-state index in [0.29, 0.717) is 0 Å². The number of benzene rings is 2. The van der Waals surface area contributed by atoms with E-state index < -0.39 is 10.1 Å². The molecule has 0 unspecified atom stereocenters. The van der Waals surface area contributed by atoms with Crippen LogP contribution in [0.3, 0.4) is 0 Å². The molecule has 2 aromatic carbocycles. The van der Waals surface area contributed by atoms with Gasteiger partial charge in [0.15, 0.2) is 0 Å². The molecule has 0 amide bonds. The average Bonchev–Trinajstić information content (AvgIpc) is 2.56. The molecule has 6 heteroatoms. The van der Waals surface area contributed by atoms with Gasteiger partial charge in [0.2, 0.25) is 5.88 Å². The Morgan fingerprint density at radius 2 is 1.62 bits per heavy atom. The van der Waals surface area contributed by atoms with Crippen LogP contribution in [0.25, 0.3) is 0 Å². The van der Waals surface area contributed by atoms with Gasteiger partial charge >= 0.3 is 10.1 Å². The van der Waals surface area contributed by atoms with E-state index >= 15 is 0 Å². The first-order valence-electron chi connectivity index (χ1n) is 7.23. The smallest absolute Gasteiger partial charge is 0.340 e. The average molecular weight is 357 g/mol. The Bertz CT molecular complexity index is 924. The summed E-state index contributed by atoms with van der Waals surface area (Å²) in [5.41, 5.74) is 0.980. The summed E-state index contributed by atoms with van der Waals surface area (Å²) >= 11 is 1.51. The van der Waals surface area contributed by atoms with Crippen molar-refractivity contribution in [2.24, 2.45) is 0 Å². The van der Waals surface area contributed by atoms with Gasteiger partial charge in [-0.1, -0.05) is 47.7 Å². The van der Waals surface area contributed by atoms with Crippen molar-refractivity contribution in [3.8, 4) is 5.88 Å². The fourth-order valence-corrected chi connectivity index (χ4v) is 3.73. The van der Waals surface area contributed by atoms with Crippen LogP contribution in [0.4, 0.5) is 0 Å². The molecule has 0 aliphatic rings. The third-order valence-corrected chi connectivity index (χ3v) is 5.43. The van der Waals surface area contributed by atoms with E-state index in [1.54, 1.807) is 18.2 Å². The third kappa shape index (κ3) is 4.15. The summed E-state index contributed by atoms with van der Waals surface area (Å²) in [6.07, 6.45) is 1.53. The van der Waals surface area contributed by atoms with Crippen molar-refractivity contribution in [3.63, 3.8) is 0 Å². The Labute approximate surface area is 145 Å². The van der Waals surface area contributed by atoms with Gasteiger partial charge < -0.3 is 4.18 Å². The zero-order valence-electron chi connectivity index (χ0n) is 12.9. The zero-order chi connectivity index (χ0) is 17.0. The van der Waals surface area contributed by atoms with E-state index in [1.807, 2.05) is 43.3 Å². The quantitative estimate of drug-likeness (QED) is 0.637. The Kier molecular flexibility index (Phi) is 4.87. The fourth-order valence-electron chi connectivity index (χ4n) is 1.99. The van der Waals surface area contributed by atoms with E-state index in [2.05, 4.69) is 4.98 Å². The summed E-state index contributed by atoms with van der Waals surface area (Å²) in [4.78, 5) is 6.01. The predicted molar refractivity (Wildman–Crippen MR) is 93.8 cm³/mol. The lowest BCUT2D eigenvalue weighted by molar-refractivity contribution is 0.475. The molecule has 4 nitrogen and oxygen atoms in total. The fraction of sp³-hybridized carbons (Fsp3) is 0.0556. The number of aromatic nitrogens is 1. The van der Waals surface area contributed by atoms with Crippen LogP contribution in [-0.4, -0.2) is 13.4 Å². The molecule has 0 aliphatic heterocycles. The summed E-state index contributed by atoms with van der Waals surface area (Å²) in [6, 6.07) is 19.7. The number of pyridine rings is 1. The van der Waals surface area contributed by atoms with Crippen molar-refractivity contribution in [2.75, 3.05) is 0 Å². The highest BCUT2D eigenvalue weighted by molar-refractivity contribution is 7.99. The predicted octanol–water partition coefficient (Wildman–Crippen LogP) is 4.31. The SMILES string of the molecule is Cc1ccc(S(=O)(=O)Oc2cc(Sc3ccccc3)ccn2)cc1. The molecular formula is C18H15NO3S2. The van der Waals surface area contributed by atoms with E-state index in [4.69, 9.17) is 4.18 Å². The molecule has 0 bridgehead atoms. The lowest BCUT2D eigenvalue weighted by Crippen LogP contribution is -2.10. The maximum atomic E-state index is 12.3. The van der Waals surface area contributed by atoms with Gasteiger partial charge in [0.1, 0.15) is 4.90 Å². The Morgan fingerprint density at radius 1 is 0.917 bits per heavy atom. The van der Waals surface area contributed by atoms with Crippen molar-refractivity contribution >= 4 is 21.9 Å². The number of rotatable bonds is 5. The first-order chi connectivity index (χ1) is 11.5. The first-order valence-corrected chi connectivity index (χ1v) is 9.45. The summed E-state index contributed by atoms with van der Waals surface area (Å²) < 4.78 is 29.8. The molecule has 122 valence electrons. The van der Waals surface area contributed by atoms with Gasteiger partial charge in [0.05, 0.1) is 0 Å². The second-order valence-corrected chi connectivity index (χ2v) is 7.79. The minimum atomic E-state index is -3.89. The molecule has 0 atom stereocenters. The second kappa shape index (κ2) is 7.07. The van der Waals surface area contributed by atoms with Crippen LogP contribution in [-0.2, 0) is 10.1 Å². The van der Waals surface area contributed by atoms with Gasteiger partial charge in [-0.15, -0.1) is 0 Å². The van der Waals surface area contributed by atoms with Gasteiger partial charge in [-0.2, -0.15) is 8.42 Å². The molecule has 0 radical (unpaired) electrons. The van der Waals surface area contributed by atoms with Gasteiger partial charge in [0.25, 0.3) is 0 Å². The van der Waals surface area contributed by atoms with Gasteiger partial charge in [-0.25, -0.2) is 4.98 Å². The topological polar surface area (TPSA) is 56.3 Å². The molecule has 0 saturated carbocycles.